The Balaban J connectivity index is 2.56. The highest BCUT2D eigenvalue weighted by molar-refractivity contribution is 5.78. The molecule has 0 aliphatic heterocycles. The van der Waals surface area contributed by atoms with Gasteiger partial charge in [-0.2, -0.15) is 0 Å². The molecule has 1 aromatic rings. The minimum atomic E-state index is 0.187. The first-order valence-electron chi connectivity index (χ1n) is 6.12. The maximum absolute atomic E-state index is 5.83. The van der Waals surface area contributed by atoms with Crippen molar-refractivity contribution in [2.24, 2.45) is 16.6 Å². The normalized spacial score (nSPS) is 13.8. The van der Waals surface area contributed by atoms with E-state index in [9.17, 15) is 0 Å². The zero-order chi connectivity index (χ0) is 12.8. The molecule has 17 heavy (non-hydrogen) atoms. The quantitative estimate of drug-likeness (QED) is 0.620. The maximum Gasteiger partial charge on any atom is 0.189 e. The summed E-state index contributed by atoms with van der Waals surface area (Å²) in [5.74, 6) is 1.05. The Hall–Kier alpha value is -1.51. The van der Waals surface area contributed by atoms with Gasteiger partial charge in [-0.05, 0) is 25.3 Å². The topological polar surface area (TPSA) is 50.4 Å². The molecule has 0 heterocycles. The monoisotopic (exact) mass is 233 g/mol. The van der Waals surface area contributed by atoms with Gasteiger partial charge in [0.2, 0.25) is 0 Å². The molecule has 1 aromatic carbocycles. The number of rotatable bonds is 4. The molecule has 0 aliphatic carbocycles. The number of nitrogens with one attached hydrogen (secondary N) is 1. The van der Waals surface area contributed by atoms with E-state index in [1.807, 2.05) is 0 Å². The lowest BCUT2D eigenvalue weighted by atomic mass is 10.1. The van der Waals surface area contributed by atoms with E-state index in [0.29, 0.717) is 11.9 Å². The van der Waals surface area contributed by atoms with Crippen molar-refractivity contribution in [2.45, 2.75) is 33.7 Å². The Morgan fingerprint density at radius 1 is 1.24 bits per heavy atom. The molecule has 1 unspecified atom stereocenters. The van der Waals surface area contributed by atoms with Gasteiger partial charge in [0.15, 0.2) is 5.96 Å². The summed E-state index contributed by atoms with van der Waals surface area (Å²) in [6.45, 7) is 9.18. The van der Waals surface area contributed by atoms with E-state index in [4.69, 9.17) is 5.73 Å². The van der Waals surface area contributed by atoms with E-state index in [1.54, 1.807) is 0 Å². The van der Waals surface area contributed by atoms with Gasteiger partial charge in [0.25, 0.3) is 0 Å². The molecule has 0 amide bonds. The van der Waals surface area contributed by atoms with E-state index >= 15 is 0 Å². The lowest BCUT2D eigenvalue weighted by Gasteiger charge is -2.15. The second-order valence-electron chi connectivity index (χ2n) is 4.90. The molecule has 0 aromatic heterocycles. The van der Waals surface area contributed by atoms with Crippen LogP contribution < -0.4 is 11.1 Å². The third kappa shape index (κ3) is 4.89. The molecule has 0 fully saturated rings. The Labute approximate surface area is 104 Å². The molecule has 0 radical (unpaired) electrons. The summed E-state index contributed by atoms with van der Waals surface area (Å²) >= 11 is 0. The number of benzene rings is 1. The molecule has 0 bridgehead atoms. The lowest BCUT2D eigenvalue weighted by Crippen LogP contribution is -2.34. The molecule has 0 spiro atoms. The number of aryl methyl sites for hydroxylation is 1. The third-order valence-electron chi connectivity index (χ3n) is 2.57. The molecular formula is C14H23N3. The summed E-state index contributed by atoms with van der Waals surface area (Å²) in [6, 6.07) is 8.63. The standard InChI is InChI=1S/C14H23N3/c1-10(2)9-16-14(15)17-12(4)13-7-5-11(3)6-8-13/h5-8,10,12H,9H2,1-4H3,(H3,15,16,17). The van der Waals surface area contributed by atoms with Crippen molar-refractivity contribution in [1.82, 2.24) is 5.32 Å². The fourth-order valence-electron chi connectivity index (χ4n) is 1.49. The van der Waals surface area contributed by atoms with Gasteiger partial charge in [-0.25, -0.2) is 0 Å². The highest BCUT2D eigenvalue weighted by Crippen LogP contribution is 2.12. The van der Waals surface area contributed by atoms with Gasteiger partial charge < -0.3 is 11.1 Å². The number of aliphatic imine (C=N–C) groups is 1. The summed E-state index contributed by atoms with van der Waals surface area (Å²) in [5, 5.41) is 3.20. The molecule has 3 nitrogen and oxygen atoms in total. The van der Waals surface area contributed by atoms with Crippen molar-refractivity contribution in [3.63, 3.8) is 0 Å². The highest BCUT2D eigenvalue weighted by atomic mass is 15.1. The fraction of sp³-hybridized carbons (Fsp3) is 0.500. The van der Waals surface area contributed by atoms with E-state index < -0.39 is 0 Å². The van der Waals surface area contributed by atoms with E-state index in [-0.39, 0.29) is 6.04 Å². The van der Waals surface area contributed by atoms with Crippen molar-refractivity contribution in [1.29, 1.82) is 0 Å². The van der Waals surface area contributed by atoms with E-state index in [1.165, 1.54) is 11.1 Å². The Morgan fingerprint density at radius 2 is 1.82 bits per heavy atom. The number of hydrogen-bond acceptors (Lipinski definition) is 1. The molecule has 1 atom stereocenters. The number of hydrogen-bond donors (Lipinski definition) is 2. The number of guanidine groups is 1. The molecule has 0 aliphatic rings. The summed E-state index contributed by atoms with van der Waals surface area (Å²) in [6.07, 6.45) is 0. The molecule has 1 rings (SSSR count). The van der Waals surface area contributed by atoms with Crippen molar-refractivity contribution >= 4 is 5.96 Å². The van der Waals surface area contributed by atoms with Crippen LogP contribution in [0, 0.1) is 12.8 Å². The van der Waals surface area contributed by atoms with Crippen molar-refractivity contribution in [2.75, 3.05) is 6.54 Å². The second kappa shape index (κ2) is 6.28. The van der Waals surface area contributed by atoms with Gasteiger partial charge >= 0.3 is 0 Å². The van der Waals surface area contributed by atoms with Crippen LogP contribution in [0.1, 0.15) is 37.9 Å². The largest absolute Gasteiger partial charge is 0.370 e. The number of nitrogens with zero attached hydrogens (tertiary/aromatic N) is 1. The minimum absolute atomic E-state index is 0.187. The summed E-state index contributed by atoms with van der Waals surface area (Å²) in [5.41, 5.74) is 8.32. The summed E-state index contributed by atoms with van der Waals surface area (Å²) in [4.78, 5) is 4.29. The first-order valence-corrected chi connectivity index (χ1v) is 6.12. The highest BCUT2D eigenvalue weighted by Gasteiger charge is 2.05. The summed E-state index contributed by atoms with van der Waals surface area (Å²) < 4.78 is 0. The van der Waals surface area contributed by atoms with Crippen LogP contribution >= 0.6 is 0 Å². The lowest BCUT2D eigenvalue weighted by molar-refractivity contribution is 0.652. The Bertz CT molecular complexity index is 366. The van der Waals surface area contributed by atoms with Crippen LogP contribution in [0.5, 0.6) is 0 Å². The van der Waals surface area contributed by atoms with Gasteiger partial charge in [0.1, 0.15) is 0 Å². The molecule has 94 valence electrons. The summed E-state index contributed by atoms with van der Waals surface area (Å²) in [7, 11) is 0. The van der Waals surface area contributed by atoms with E-state index in [0.717, 1.165) is 6.54 Å². The first-order chi connectivity index (χ1) is 7.99. The van der Waals surface area contributed by atoms with Crippen molar-refractivity contribution in [3.05, 3.63) is 35.4 Å². The number of nitrogens with two attached hydrogens (primary N) is 1. The predicted octanol–water partition coefficient (Wildman–Crippen LogP) is 2.62. The molecule has 0 saturated carbocycles. The van der Waals surface area contributed by atoms with Crippen LogP contribution in [0.4, 0.5) is 0 Å². The molecule has 0 saturated heterocycles. The van der Waals surface area contributed by atoms with Gasteiger partial charge in [0, 0.05) is 6.54 Å². The van der Waals surface area contributed by atoms with Crippen LogP contribution in [0.15, 0.2) is 29.3 Å². The average molecular weight is 233 g/mol. The Morgan fingerprint density at radius 3 is 2.35 bits per heavy atom. The SMILES string of the molecule is Cc1ccc(C(C)NC(N)=NCC(C)C)cc1. The van der Waals surface area contributed by atoms with Crippen molar-refractivity contribution in [3.8, 4) is 0 Å². The van der Waals surface area contributed by atoms with Crippen LogP contribution in [0.3, 0.4) is 0 Å². The molecule has 3 N–H and O–H groups in total. The third-order valence-corrected chi connectivity index (χ3v) is 2.57. The first kappa shape index (κ1) is 13.6. The van der Waals surface area contributed by atoms with Crippen LogP contribution in [-0.2, 0) is 0 Å². The van der Waals surface area contributed by atoms with Gasteiger partial charge in [-0.15, -0.1) is 0 Å². The zero-order valence-electron chi connectivity index (χ0n) is 11.2. The van der Waals surface area contributed by atoms with Crippen molar-refractivity contribution < 1.29 is 0 Å². The van der Waals surface area contributed by atoms with Crippen LogP contribution in [0.2, 0.25) is 0 Å². The molecule has 3 heteroatoms. The average Bonchev–Trinajstić information content (AvgIpc) is 2.27. The smallest absolute Gasteiger partial charge is 0.189 e. The van der Waals surface area contributed by atoms with Gasteiger partial charge in [-0.1, -0.05) is 43.7 Å². The van der Waals surface area contributed by atoms with Gasteiger partial charge in [-0.3, -0.25) is 4.99 Å². The predicted molar refractivity (Wildman–Crippen MR) is 74.1 cm³/mol. The zero-order valence-corrected chi connectivity index (χ0v) is 11.2. The second-order valence-corrected chi connectivity index (χ2v) is 4.90. The van der Waals surface area contributed by atoms with Crippen LogP contribution in [-0.4, -0.2) is 12.5 Å². The molecular weight excluding hydrogens is 210 g/mol. The minimum Gasteiger partial charge on any atom is -0.370 e. The maximum atomic E-state index is 5.83. The van der Waals surface area contributed by atoms with E-state index in [2.05, 4.69) is 62.3 Å². The fourth-order valence-corrected chi connectivity index (χ4v) is 1.49. The van der Waals surface area contributed by atoms with Crippen LogP contribution in [0.25, 0.3) is 0 Å². The van der Waals surface area contributed by atoms with Gasteiger partial charge in [0.05, 0.1) is 6.04 Å². The Kier molecular flexibility index (Phi) is 5.01.